The highest BCUT2D eigenvalue weighted by Gasteiger charge is 2.25. The van der Waals surface area contributed by atoms with Gasteiger partial charge in [0, 0.05) is 33.3 Å². The third-order valence-electron chi connectivity index (χ3n) is 5.57. The Hall–Kier alpha value is -1.68. The molecule has 2 aliphatic heterocycles. The van der Waals surface area contributed by atoms with Gasteiger partial charge in [0.25, 0.3) is 0 Å². The van der Waals surface area contributed by atoms with E-state index >= 15 is 0 Å². The second kappa shape index (κ2) is 11.1. The van der Waals surface area contributed by atoms with Crippen LogP contribution >= 0.6 is 0 Å². The minimum Gasteiger partial charge on any atom is -0.377 e. The lowest BCUT2D eigenvalue weighted by Gasteiger charge is -2.35. The molecule has 0 amide bonds. The second-order valence-electron chi connectivity index (χ2n) is 7.79. The Bertz CT molecular complexity index is 809. The molecule has 2 fully saturated rings. The van der Waals surface area contributed by atoms with Crippen LogP contribution in [0.5, 0.6) is 0 Å². The van der Waals surface area contributed by atoms with Crippen LogP contribution in [0.1, 0.15) is 36.5 Å². The van der Waals surface area contributed by atoms with Crippen molar-refractivity contribution < 1.29 is 17.9 Å². The fraction of sp³-hybridized carbons (Fsp3) is 0.667. The van der Waals surface area contributed by atoms with Gasteiger partial charge in [-0.1, -0.05) is 24.3 Å². The minimum atomic E-state index is -3.37. The molecule has 168 valence electrons. The number of morpholine rings is 1. The zero-order valence-corrected chi connectivity index (χ0v) is 18.8. The molecule has 9 heteroatoms. The number of rotatable bonds is 7. The monoisotopic (exact) mass is 438 g/mol. The first-order valence-electron chi connectivity index (χ1n) is 10.7. The van der Waals surface area contributed by atoms with E-state index in [9.17, 15) is 8.42 Å². The molecular weight excluding hydrogens is 404 g/mol. The fourth-order valence-electron chi connectivity index (χ4n) is 3.87. The van der Waals surface area contributed by atoms with E-state index in [-0.39, 0.29) is 18.0 Å². The zero-order chi connectivity index (χ0) is 21.4. The molecule has 0 saturated carbocycles. The number of aliphatic imine (C=N–C) groups is 1. The molecule has 0 bridgehead atoms. The molecule has 2 saturated heterocycles. The molecule has 2 unspecified atom stereocenters. The number of hydrogen-bond donors (Lipinski definition) is 2. The van der Waals surface area contributed by atoms with Crippen molar-refractivity contribution in [3.05, 3.63) is 35.4 Å². The van der Waals surface area contributed by atoms with Gasteiger partial charge in [-0.05, 0) is 37.3 Å². The van der Waals surface area contributed by atoms with E-state index in [1.54, 1.807) is 7.05 Å². The molecule has 0 radical (unpaired) electrons. The number of hydrogen-bond acceptors (Lipinski definition) is 5. The summed E-state index contributed by atoms with van der Waals surface area (Å²) in [5.41, 5.74) is 2.38. The Labute approximate surface area is 180 Å². The highest BCUT2D eigenvalue weighted by atomic mass is 32.2. The van der Waals surface area contributed by atoms with E-state index in [2.05, 4.69) is 39.0 Å². The van der Waals surface area contributed by atoms with Crippen LogP contribution in [0.25, 0.3) is 0 Å². The molecule has 30 heavy (non-hydrogen) atoms. The Morgan fingerprint density at radius 2 is 2.07 bits per heavy atom. The van der Waals surface area contributed by atoms with Crippen LogP contribution in [0.4, 0.5) is 0 Å². The highest BCUT2D eigenvalue weighted by molar-refractivity contribution is 7.89. The maximum atomic E-state index is 12.3. The van der Waals surface area contributed by atoms with Gasteiger partial charge in [-0.15, -0.1) is 0 Å². The van der Waals surface area contributed by atoms with Crippen molar-refractivity contribution in [1.82, 2.24) is 14.9 Å². The van der Waals surface area contributed by atoms with E-state index in [1.807, 2.05) is 12.1 Å². The molecule has 0 aliphatic carbocycles. The van der Waals surface area contributed by atoms with Crippen LogP contribution in [-0.2, 0) is 19.5 Å². The Balaban J connectivity index is 1.47. The number of benzene rings is 1. The molecule has 2 heterocycles. The van der Waals surface area contributed by atoms with Crippen molar-refractivity contribution in [2.75, 3.05) is 52.2 Å². The van der Waals surface area contributed by atoms with Gasteiger partial charge < -0.3 is 19.7 Å². The first-order valence-corrected chi connectivity index (χ1v) is 12.4. The van der Waals surface area contributed by atoms with Crippen LogP contribution in [0.15, 0.2) is 29.3 Å². The molecular formula is C21H34N4O4S. The number of ether oxygens (including phenoxy) is 2. The third kappa shape index (κ3) is 6.66. The number of nitrogens with one attached hydrogen (secondary N) is 2. The topological polar surface area (TPSA) is 92.3 Å². The predicted octanol–water partition coefficient (Wildman–Crippen LogP) is 1.43. The van der Waals surface area contributed by atoms with Gasteiger partial charge in [-0.3, -0.25) is 4.99 Å². The van der Waals surface area contributed by atoms with Crippen LogP contribution in [-0.4, -0.2) is 77.6 Å². The first kappa shape index (κ1) is 23.0. The minimum absolute atomic E-state index is 0.00962. The average molecular weight is 439 g/mol. The largest absolute Gasteiger partial charge is 0.377 e. The number of guanidine groups is 1. The lowest BCUT2D eigenvalue weighted by Crippen LogP contribution is -2.49. The number of sulfonamides is 1. The van der Waals surface area contributed by atoms with Crippen LogP contribution in [0.3, 0.4) is 0 Å². The first-order chi connectivity index (χ1) is 14.5. The Morgan fingerprint density at radius 3 is 2.80 bits per heavy atom. The van der Waals surface area contributed by atoms with E-state index < -0.39 is 10.0 Å². The molecule has 0 aromatic heterocycles. The Kier molecular flexibility index (Phi) is 8.50. The summed E-state index contributed by atoms with van der Waals surface area (Å²) in [6.45, 7) is 5.42. The molecule has 3 rings (SSSR count). The van der Waals surface area contributed by atoms with Gasteiger partial charge in [0.1, 0.15) is 6.10 Å². The van der Waals surface area contributed by atoms with E-state index in [4.69, 9.17) is 9.47 Å². The summed E-state index contributed by atoms with van der Waals surface area (Å²) in [5, 5.41) is 3.19. The fourth-order valence-corrected chi connectivity index (χ4v) is 4.82. The summed E-state index contributed by atoms with van der Waals surface area (Å²) >= 11 is 0. The zero-order valence-electron chi connectivity index (χ0n) is 18.0. The lowest BCUT2D eigenvalue weighted by atomic mass is 10.0. The van der Waals surface area contributed by atoms with Crippen molar-refractivity contribution in [3.63, 3.8) is 0 Å². The SMILES string of the molecule is CN=C(NCCS(=O)(=O)NCC1CCCCO1)N1CCOC(c2ccccc2C)C1. The van der Waals surface area contributed by atoms with E-state index in [0.29, 0.717) is 45.4 Å². The van der Waals surface area contributed by atoms with Gasteiger partial charge in [0.15, 0.2) is 5.96 Å². The number of nitrogens with zero attached hydrogens (tertiary/aromatic N) is 2. The maximum Gasteiger partial charge on any atom is 0.213 e. The molecule has 2 aliphatic rings. The maximum absolute atomic E-state index is 12.3. The van der Waals surface area contributed by atoms with E-state index in [1.165, 1.54) is 11.1 Å². The van der Waals surface area contributed by atoms with Crippen molar-refractivity contribution in [2.24, 2.45) is 4.99 Å². The summed E-state index contributed by atoms with van der Waals surface area (Å²) in [6.07, 6.45) is 3.01. The van der Waals surface area contributed by atoms with Crippen molar-refractivity contribution in [2.45, 2.75) is 38.4 Å². The Morgan fingerprint density at radius 1 is 1.23 bits per heavy atom. The smallest absolute Gasteiger partial charge is 0.213 e. The molecule has 1 aromatic carbocycles. The number of aryl methyl sites for hydroxylation is 1. The van der Waals surface area contributed by atoms with Crippen molar-refractivity contribution in [3.8, 4) is 0 Å². The lowest BCUT2D eigenvalue weighted by molar-refractivity contribution is -0.00827. The van der Waals surface area contributed by atoms with Gasteiger partial charge in [-0.25, -0.2) is 13.1 Å². The molecule has 8 nitrogen and oxygen atoms in total. The van der Waals surface area contributed by atoms with E-state index in [0.717, 1.165) is 19.3 Å². The summed E-state index contributed by atoms with van der Waals surface area (Å²) in [6, 6.07) is 8.22. The molecule has 2 N–H and O–H groups in total. The summed E-state index contributed by atoms with van der Waals surface area (Å²) in [5.74, 6) is 0.687. The van der Waals surface area contributed by atoms with Gasteiger partial charge >= 0.3 is 0 Å². The van der Waals surface area contributed by atoms with Crippen LogP contribution in [0.2, 0.25) is 0 Å². The van der Waals surface area contributed by atoms with Crippen LogP contribution < -0.4 is 10.0 Å². The van der Waals surface area contributed by atoms with Gasteiger partial charge in [-0.2, -0.15) is 0 Å². The highest BCUT2D eigenvalue weighted by Crippen LogP contribution is 2.24. The summed E-state index contributed by atoms with van der Waals surface area (Å²) < 4.78 is 38.9. The quantitative estimate of drug-likeness (QED) is 0.494. The van der Waals surface area contributed by atoms with Crippen molar-refractivity contribution in [1.29, 1.82) is 0 Å². The standard InChI is InChI=1S/C21H34N4O4S/c1-17-7-3-4-9-19(17)20-16-25(11-13-29-20)21(22-2)23-10-14-30(26,27)24-15-18-8-5-6-12-28-18/h3-4,7,9,18,20,24H,5-6,8,10-16H2,1-2H3,(H,22,23). The van der Waals surface area contributed by atoms with Crippen molar-refractivity contribution >= 4 is 16.0 Å². The summed E-state index contributed by atoms with van der Waals surface area (Å²) in [7, 11) is -1.65. The van der Waals surface area contributed by atoms with Gasteiger partial charge in [0.2, 0.25) is 10.0 Å². The summed E-state index contributed by atoms with van der Waals surface area (Å²) in [4.78, 5) is 6.46. The average Bonchev–Trinajstić information content (AvgIpc) is 2.76. The normalized spacial score (nSPS) is 23.4. The predicted molar refractivity (Wildman–Crippen MR) is 118 cm³/mol. The molecule has 1 aromatic rings. The third-order valence-corrected chi connectivity index (χ3v) is 6.92. The molecule has 0 spiro atoms. The molecule has 2 atom stereocenters. The van der Waals surface area contributed by atoms with Gasteiger partial charge in [0.05, 0.1) is 25.0 Å². The second-order valence-corrected chi connectivity index (χ2v) is 9.72. The van der Waals surface area contributed by atoms with Crippen LogP contribution in [0, 0.1) is 6.92 Å².